The Hall–Kier alpha value is -0.600. The van der Waals surface area contributed by atoms with Gasteiger partial charge in [0.2, 0.25) is 0 Å². The van der Waals surface area contributed by atoms with Gasteiger partial charge in [0.1, 0.15) is 5.82 Å². The summed E-state index contributed by atoms with van der Waals surface area (Å²) in [6.07, 6.45) is 5.56. The van der Waals surface area contributed by atoms with Crippen molar-refractivity contribution in [1.82, 2.24) is 5.32 Å². The highest BCUT2D eigenvalue weighted by molar-refractivity contribution is 6.30. The van der Waals surface area contributed by atoms with Gasteiger partial charge in [0.05, 0.1) is 0 Å². The largest absolute Gasteiger partial charge is 0.312 e. The average molecular weight is 254 g/mol. The molecule has 3 rings (SSSR count). The molecule has 1 nitrogen and oxygen atoms in total. The van der Waals surface area contributed by atoms with E-state index in [-0.39, 0.29) is 5.82 Å². The Morgan fingerprint density at radius 3 is 2.65 bits per heavy atom. The van der Waals surface area contributed by atoms with Gasteiger partial charge in [0.15, 0.2) is 0 Å². The molecule has 0 bridgehead atoms. The van der Waals surface area contributed by atoms with E-state index in [1.165, 1.54) is 31.7 Å². The van der Waals surface area contributed by atoms with Crippen LogP contribution in [0.15, 0.2) is 18.2 Å². The number of halogens is 2. The summed E-state index contributed by atoms with van der Waals surface area (Å²) in [5.41, 5.74) is 1.53. The maximum atomic E-state index is 13.1. The van der Waals surface area contributed by atoms with Crippen LogP contribution in [0.1, 0.15) is 31.2 Å². The van der Waals surface area contributed by atoms with Gasteiger partial charge in [-0.2, -0.15) is 0 Å². The first-order chi connectivity index (χ1) is 8.18. The SMILES string of the molecule is Fc1cc(Cl)cc(CNCC2(C3CC3)CC2)c1. The van der Waals surface area contributed by atoms with E-state index in [0.29, 0.717) is 17.0 Å². The molecule has 0 aromatic heterocycles. The monoisotopic (exact) mass is 253 g/mol. The van der Waals surface area contributed by atoms with Gasteiger partial charge in [-0.15, -0.1) is 0 Å². The summed E-state index contributed by atoms with van der Waals surface area (Å²) in [7, 11) is 0. The molecule has 0 spiro atoms. The van der Waals surface area contributed by atoms with E-state index >= 15 is 0 Å². The molecule has 0 aliphatic heterocycles. The molecule has 1 N–H and O–H groups in total. The smallest absolute Gasteiger partial charge is 0.125 e. The van der Waals surface area contributed by atoms with Gasteiger partial charge in [-0.3, -0.25) is 0 Å². The van der Waals surface area contributed by atoms with Crippen LogP contribution in [0.4, 0.5) is 4.39 Å². The first kappa shape index (κ1) is 11.5. The zero-order chi connectivity index (χ0) is 11.9. The van der Waals surface area contributed by atoms with Crippen molar-refractivity contribution in [3.8, 4) is 0 Å². The van der Waals surface area contributed by atoms with Crippen LogP contribution < -0.4 is 5.32 Å². The third-order valence-electron chi connectivity index (χ3n) is 4.06. The van der Waals surface area contributed by atoms with Crippen LogP contribution in [0.3, 0.4) is 0 Å². The minimum Gasteiger partial charge on any atom is -0.312 e. The van der Waals surface area contributed by atoms with Crippen LogP contribution in [0.25, 0.3) is 0 Å². The summed E-state index contributed by atoms with van der Waals surface area (Å²) in [5.74, 6) is 0.712. The van der Waals surface area contributed by atoms with Crippen LogP contribution in [0.2, 0.25) is 5.02 Å². The molecule has 0 saturated heterocycles. The zero-order valence-electron chi connectivity index (χ0n) is 9.81. The molecule has 0 amide bonds. The maximum Gasteiger partial charge on any atom is 0.125 e. The topological polar surface area (TPSA) is 12.0 Å². The van der Waals surface area contributed by atoms with Crippen LogP contribution in [-0.4, -0.2) is 6.54 Å². The minimum absolute atomic E-state index is 0.252. The molecule has 2 aliphatic rings. The Labute approximate surface area is 106 Å². The fourth-order valence-corrected chi connectivity index (χ4v) is 3.00. The second kappa shape index (κ2) is 4.25. The number of hydrogen-bond acceptors (Lipinski definition) is 1. The van der Waals surface area contributed by atoms with Crippen LogP contribution in [-0.2, 0) is 6.54 Å². The average Bonchev–Trinajstić information content (AvgIpc) is 3.11. The molecule has 1 aromatic rings. The van der Waals surface area contributed by atoms with Gasteiger partial charge in [0, 0.05) is 18.1 Å². The van der Waals surface area contributed by atoms with Gasteiger partial charge in [-0.25, -0.2) is 4.39 Å². The normalized spacial score (nSPS) is 21.5. The Kier molecular flexibility index (Phi) is 2.87. The maximum absolute atomic E-state index is 13.1. The van der Waals surface area contributed by atoms with Crippen molar-refractivity contribution < 1.29 is 4.39 Å². The molecule has 2 fully saturated rings. The molecule has 2 saturated carbocycles. The van der Waals surface area contributed by atoms with E-state index in [1.807, 2.05) is 6.07 Å². The van der Waals surface area contributed by atoms with Gasteiger partial charge < -0.3 is 5.32 Å². The van der Waals surface area contributed by atoms with Crippen molar-refractivity contribution in [3.05, 3.63) is 34.6 Å². The molecule has 17 heavy (non-hydrogen) atoms. The molecular formula is C14H17ClFN. The second-order valence-electron chi connectivity index (χ2n) is 5.52. The standard InChI is InChI=1S/C14H17ClFN/c15-12-5-10(6-13(16)7-12)8-17-9-14(3-4-14)11-1-2-11/h5-7,11,17H,1-4,8-9H2. The van der Waals surface area contributed by atoms with Crippen molar-refractivity contribution in [2.24, 2.45) is 11.3 Å². The summed E-state index contributed by atoms with van der Waals surface area (Å²) in [6.45, 7) is 1.79. The van der Waals surface area contributed by atoms with E-state index in [4.69, 9.17) is 11.6 Å². The summed E-state index contributed by atoms with van der Waals surface area (Å²) < 4.78 is 13.1. The van der Waals surface area contributed by atoms with Crippen molar-refractivity contribution >= 4 is 11.6 Å². The third-order valence-corrected chi connectivity index (χ3v) is 4.28. The van der Waals surface area contributed by atoms with Crippen LogP contribution in [0.5, 0.6) is 0 Å². The molecule has 0 heterocycles. The zero-order valence-corrected chi connectivity index (χ0v) is 10.6. The fraction of sp³-hybridized carbons (Fsp3) is 0.571. The predicted molar refractivity (Wildman–Crippen MR) is 67.5 cm³/mol. The molecule has 92 valence electrons. The Balaban J connectivity index is 1.53. The molecule has 1 aromatic carbocycles. The number of hydrogen-bond donors (Lipinski definition) is 1. The first-order valence-corrected chi connectivity index (χ1v) is 6.71. The number of rotatable bonds is 5. The minimum atomic E-state index is -0.252. The lowest BCUT2D eigenvalue weighted by molar-refractivity contribution is 0.403. The summed E-state index contributed by atoms with van der Waals surface area (Å²) >= 11 is 5.82. The summed E-state index contributed by atoms with van der Waals surface area (Å²) in [6, 6.07) is 4.72. The highest BCUT2D eigenvalue weighted by Gasteiger charge is 2.53. The molecule has 2 aliphatic carbocycles. The fourth-order valence-electron chi connectivity index (χ4n) is 2.75. The van der Waals surface area contributed by atoms with E-state index in [9.17, 15) is 4.39 Å². The summed E-state index contributed by atoms with van der Waals surface area (Å²) in [5, 5.41) is 3.93. The Morgan fingerprint density at radius 1 is 1.29 bits per heavy atom. The molecule has 3 heteroatoms. The van der Waals surface area contributed by atoms with Crippen molar-refractivity contribution in [2.45, 2.75) is 32.2 Å². The highest BCUT2D eigenvalue weighted by Crippen LogP contribution is 2.60. The van der Waals surface area contributed by atoms with Crippen molar-refractivity contribution in [3.63, 3.8) is 0 Å². The van der Waals surface area contributed by atoms with Gasteiger partial charge in [-0.1, -0.05) is 11.6 Å². The van der Waals surface area contributed by atoms with E-state index in [2.05, 4.69) is 5.32 Å². The highest BCUT2D eigenvalue weighted by atomic mass is 35.5. The number of benzene rings is 1. The number of nitrogens with one attached hydrogen (secondary N) is 1. The van der Waals surface area contributed by atoms with E-state index in [0.717, 1.165) is 18.0 Å². The Morgan fingerprint density at radius 2 is 2.06 bits per heavy atom. The predicted octanol–water partition coefficient (Wildman–Crippen LogP) is 3.76. The van der Waals surface area contributed by atoms with Crippen LogP contribution in [0, 0.1) is 17.2 Å². The lowest BCUT2D eigenvalue weighted by Crippen LogP contribution is -2.25. The lowest BCUT2D eigenvalue weighted by Gasteiger charge is -2.15. The first-order valence-electron chi connectivity index (χ1n) is 6.34. The van der Waals surface area contributed by atoms with Crippen LogP contribution >= 0.6 is 11.6 Å². The third kappa shape index (κ3) is 2.63. The molecule has 0 atom stereocenters. The van der Waals surface area contributed by atoms with Crippen molar-refractivity contribution in [1.29, 1.82) is 0 Å². The molecule has 0 unspecified atom stereocenters. The van der Waals surface area contributed by atoms with Gasteiger partial charge >= 0.3 is 0 Å². The van der Waals surface area contributed by atoms with Gasteiger partial charge in [-0.05, 0) is 60.8 Å². The van der Waals surface area contributed by atoms with E-state index < -0.39 is 0 Å². The quantitative estimate of drug-likeness (QED) is 0.843. The molecule has 0 radical (unpaired) electrons. The Bertz CT molecular complexity index is 404. The van der Waals surface area contributed by atoms with Crippen molar-refractivity contribution in [2.75, 3.05) is 6.54 Å². The second-order valence-corrected chi connectivity index (χ2v) is 5.95. The lowest BCUT2D eigenvalue weighted by atomic mass is 10.0. The summed E-state index contributed by atoms with van der Waals surface area (Å²) in [4.78, 5) is 0. The molecular weight excluding hydrogens is 237 g/mol. The van der Waals surface area contributed by atoms with E-state index in [1.54, 1.807) is 6.07 Å². The van der Waals surface area contributed by atoms with Gasteiger partial charge in [0.25, 0.3) is 0 Å².